The maximum absolute atomic E-state index is 8.95. The highest BCUT2D eigenvalue weighted by molar-refractivity contribution is 5.29. The minimum atomic E-state index is 0.0691. The van der Waals surface area contributed by atoms with Crippen molar-refractivity contribution < 1.29 is 9.84 Å². The normalized spacial score (nSPS) is 10.3. The maximum atomic E-state index is 8.95. The summed E-state index contributed by atoms with van der Waals surface area (Å²) in [4.78, 5) is 0. The SMILES string of the molecule is NCc1cccc(OCc2ccc(CO)cc2)c1. The second-order valence-corrected chi connectivity index (χ2v) is 4.11. The summed E-state index contributed by atoms with van der Waals surface area (Å²) < 4.78 is 5.69. The van der Waals surface area contributed by atoms with Crippen LogP contribution in [-0.2, 0) is 19.8 Å². The smallest absolute Gasteiger partial charge is 0.120 e. The molecule has 94 valence electrons. The van der Waals surface area contributed by atoms with Gasteiger partial charge >= 0.3 is 0 Å². The maximum Gasteiger partial charge on any atom is 0.120 e. The topological polar surface area (TPSA) is 55.5 Å². The Labute approximate surface area is 107 Å². The molecular weight excluding hydrogens is 226 g/mol. The van der Waals surface area contributed by atoms with Crippen LogP contribution in [-0.4, -0.2) is 5.11 Å². The van der Waals surface area contributed by atoms with Gasteiger partial charge < -0.3 is 15.6 Å². The lowest BCUT2D eigenvalue weighted by atomic mass is 10.1. The minimum Gasteiger partial charge on any atom is -0.489 e. The third kappa shape index (κ3) is 3.32. The number of rotatable bonds is 5. The average molecular weight is 243 g/mol. The van der Waals surface area contributed by atoms with Crippen molar-refractivity contribution in [3.8, 4) is 5.75 Å². The van der Waals surface area contributed by atoms with E-state index in [0.29, 0.717) is 13.2 Å². The fraction of sp³-hybridized carbons (Fsp3) is 0.200. The van der Waals surface area contributed by atoms with E-state index in [0.717, 1.165) is 22.4 Å². The fourth-order valence-electron chi connectivity index (χ4n) is 1.67. The zero-order chi connectivity index (χ0) is 12.8. The number of hydrogen-bond donors (Lipinski definition) is 2. The molecule has 0 bridgehead atoms. The molecule has 0 heterocycles. The molecule has 0 unspecified atom stereocenters. The average Bonchev–Trinajstić information content (AvgIpc) is 2.46. The van der Waals surface area contributed by atoms with Crippen molar-refractivity contribution in [2.75, 3.05) is 0 Å². The van der Waals surface area contributed by atoms with Crippen molar-refractivity contribution in [2.45, 2.75) is 19.8 Å². The summed E-state index contributed by atoms with van der Waals surface area (Å²) in [5, 5.41) is 8.95. The molecule has 3 nitrogen and oxygen atoms in total. The molecule has 0 fully saturated rings. The Balaban J connectivity index is 1.97. The molecule has 3 heteroatoms. The van der Waals surface area contributed by atoms with Gasteiger partial charge in [0.15, 0.2) is 0 Å². The Bertz CT molecular complexity index is 494. The quantitative estimate of drug-likeness (QED) is 0.846. The van der Waals surface area contributed by atoms with E-state index < -0.39 is 0 Å². The van der Waals surface area contributed by atoms with Crippen LogP contribution < -0.4 is 10.5 Å². The second kappa shape index (κ2) is 6.19. The predicted molar refractivity (Wildman–Crippen MR) is 71.0 cm³/mol. The van der Waals surface area contributed by atoms with Crippen LogP contribution >= 0.6 is 0 Å². The summed E-state index contributed by atoms with van der Waals surface area (Å²) in [5.74, 6) is 0.823. The molecule has 2 aromatic rings. The molecule has 2 rings (SSSR count). The number of benzene rings is 2. The molecule has 0 saturated heterocycles. The number of aliphatic hydroxyl groups is 1. The van der Waals surface area contributed by atoms with Crippen LogP contribution in [0, 0.1) is 0 Å². The summed E-state index contributed by atoms with van der Waals surface area (Å²) in [6.45, 7) is 1.10. The molecule has 0 aromatic heterocycles. The standard InChI is InChI=1S/C15H17NO2/c16-9-14-2-1-3-15(8-14)18-11-13-6-4-12(10-17)5-7-13/h1-8,17H,9-11,16H2. The van der Waals surface area contributed by atoms with E-state index in [9.17, 15) is 0 Å². The fourth-order valence-corrected chi connectivity index (χ4v) is 1.67. The number of nitrogens with two attached hydrogens (primary N) is 1. The molecule has 0 atom stereocenters. The summed E-state index contributed by atoms with van der Waals surface area (Å²) in [6, 6.07) is 15.5. The first-order chi connectivity index (χ1) is 8.81. The Morgan fingerprint density at radius 3 is 2.33 bits per heavy atom. The Morgan fingerprint density at radius 2 is 1.67 bits per heavy atom. The van der Waals surface area contributed by atoms with Crippen molar-refractivity contribution in [3.63, 3.8) is 0 Å². The molecule has 0 saturated carbocycles. The lowest BCUT2D eigenvalue weighted by Crippen LogP contribution is -1.99. The molecule has 2 aromatic carbocycles. The number of aliphatic hydroxyl groups excluding tert-OH is 1. The van der Waals surface area contributed by atoms with Crippen molar-refractivity contribution >= 4 is 0 Å². The largest absolute Gasteiger partial charge is 0.489 e. The first-order valence-electron chi connectivity index (χ1n) is 5.92. The van der Waals surface area contributed by atoms with E-state index in [2.05, 4.69) is 0 Å². The van der Waals surface area contributed by atoms with E-state index in [-0.39, 0.29) is 6.61 Å². The highest BCUT2D eigenvalue weighted by atomic mass is 16.5. The molecule has 18 heavy (non-hydrogen) atoms. The van der Waals surface area contributed by atoms with Crippen LogP contribution in [0.4, 0.5) is 0 Å². The molecule has 3 N–H and O–H groups in total. The first-order valence-corrected chi connectivity index (χ1v) is 5.92. The van der Waals surface area contributed by atoms with Gasteiger partial charge in [-0.2, -0.15) is 0 Å². The van der Waals surface area contributed by atoms with E-state index in [4.69, 9.17) is 15.6 Å². The van der Waals surface area contributed by atoms with Crippen LogP contribution in [0.25, 0.3) is 0 Å². The summed E-state index contributed by atoms with van der Waals surface area (Å²) in [5.41, 5.74) is 8.62. The molecular formula is C15H17NO2. The van der Waals surface area contributed by atoms with Crippen molar-refractivity contribution in [1.82, 2.24) is 0 Å². The molecule has 0 aliphatic rings. The van der Waals surface area contributed by atoms with Crippen LogP contribution in [0.2, 0.25) is 0 Å². The van der Waals surface area contributed by atoms with E-state index in [1.807, 2.05) is 48.5 Å². The summed E-state index contributed by atoms with van der Waals surface area (Å²) in [7, 11) is 0. The zero-order valence-electron chi connectivity index (χ0n) is 10.2. The highest BCUT2D eigenvalue weighted by Gasteiger charge is 1.98. The summed E-state index contributed by atoms with van der Waals surface area (Å²) in [6.07, 6.45) is 0. The Kier molecular flexibility index (Phi) is 4.34. The van der Waals surface area contributed by atoms with E-state index >= 15 is 0 Å². The van der Waals surface area contributed by atoms with Crippen molar-refractivity contribution in [1.29, 1.82) is 0 Å². The van der Waals surface area contributed by atoms with Crippen LogP contribution in [0.1, 0.15) is 16.7 Å². The van der Waals surface area contributed by atoms with E-state index in [1.165, 1.54) is 0 Å². The third-order valence-corrected chi connectivity index (χ3v) is 2.75. The Hall–Kier alpha value is -1.84. The van der Waals surface area contributed by atoms with Gasteiger partial charge in [-0.15, -0.1) is 0 Å². The van der Waals surface area contributed by atoms with Gasteiger partial charge in [0.2, 0.25) is 0 Å². The monoisotopic (exact) mass is 243 g/mol. The van der Waals surface area contributed by atoms with Gasteiger partial charge in [0.05, 0.1) is 6.61 Å². The lowest BCUT2D eigenvalue weighted by Gasteiger charge is -2.08. The van der Waals surface area contributed by atoms with Gasteiger partial charge in [0.1, 0.15) is 12.4 Å². The predicted octanol–water partition coefficient (Wildman–Crippen LogP) is 2.22. The van der Waals surface area contributed by atoms with Crippen molar-refractivity contribution in [2.24, 2.45) is 5.73 Å². The molecule has 0 spiro atoms. The van der Waals surface area contributed by atoms with Gasteiger partial charge in [-0.25, -0.2) is 0 Å². The van der Waals surface area contributed by atoms with Gasteiger partial charge in [-0.05, 0) is 28.8 Å². The summed E-state index contributed by atoms with van der Waals surface area (Å²) >= 11 is 0. The minimum absolute atomic E-state index is 0.0691. The van der Waals surface area contributed by atoms with Gasteiger partial charge in [0, 0.05) is 6.54 Å². The van der Waals surface area contributed by atoms with E-state index in [1.54, 1.807) is 0 Å². The number of ether oxygens (including phenoxy) is 1. The van der Waals surface area contributed by atoms with Crippen molar-refractivity contribution in [3.05, 3.63) is 65.2 Å². The zero-order valence-corrected chi connectivity index (χ0v) is 10.2. The first kappa shape index (κ1) is 12.6. The number of hydrogen-bond acceptors (Lipinski definition) is 3. The molecule has 0 aliphatic heterocycles. The van der Waals surface area contributed by atoms with Crippen LogP contribution in [0.3, 0.4) is 0 Å². The third-order valence-electron chi connectivity index (χ3n) is 2.75. The van der Waals surface area contributed by atoms with Crippen LogP contribution in [0.5, 0.6) is 5.75 Å². The second-order valence-electron chi connectivity index (χ2n) is 4.11. The molecule has 0 aliphatic carbocycles. The lowest BCUT2D eigenvalue weighted by molar-refractivity contribution is 0.281. The van der Waals surface area contributed by atoms with Gasteiger partial charge in [0.25, 0.3) is 0 Å². The molecule has 0 radical (unpaired) electrons. The van der Waals surface area contributed by atoms with Crippen LogP contribution in [0.15, 0.2) is 48.5 Å². The highest BCUT2D eigenvalue weighted by Crippen LogP contribution is 2.15. The van der Waals surface area contributed by atoms with Gasteiger partial charge in [-0.1, -0.05) is 36.4 Å². The van der Waals surface area contributed by atoms with Gasteiger partial charge in [-0.3, -0.25) is 0 Å². The molecule has 0 amide bonds. The Morgan fingerprint density at radius 1 is 0.944 bits per heavy atom.